The number of methoxy groups -OCH3 is 2. The molecule has 0 spiro atoms. The predicted molar refractivity (Wildman–Crippen MR) is 252 cm³/mol. The number of likely N-dealkylation sites (N-methyl/N-ethyl adjacent to an activating group) is 2. The highest BCUT2D eigenvalue weighted by Crippen LogP contribution is 2.31. The topological polar surface area (TPSA) is 159 Å². The van der Waals surface area contributed by atoms with Gasteiger partial charge < -0.3 is 35.6 Å². The molecule has 0 aliphatic carbocycles. The Hall–Kier alpha value is -4.37. The Morgan fingerprint density at radius 2 is 1.56 bits per heavy atom. The maximum absolute atomic E-state index is 14.7. The van der Waals surface area contributed by atoms with Crippen LogP contribution in [0.4, 0.5) is 5.69 Å². The summed E-state index contributed by atoms with van der Waals surface area (Å²) in [6, 6.07) is 15.2. The van der Waals surface area contributed by atoms with E-state index in [0.717, 1.165) is 35.4 Å². The summed E-state index contributed by atoms with van der Waals surface area (Å²) in [5.74, 6) is -1.52. The number of aromatic nitrogens is 1. The maximum Gasteiger partial charge on any atom is 0.245 e. The number of nitrogens with two attached hydrogens (primary N) is 1. The minimum Gasteiger partial charge on any atom is -0.399 e. The zero-order chi connectivity index (χ0) is 46.4. The summed E-state index contributed by atoms with van der Waals surface area (Å²) < 4.78 is 12.3. The van der Waals surface area contributed by atoms with Crippen LogP contribution in [0.3, 0.4) is 0 Å². The lowest BCUT2D eigenvalue weighted by Crippen LogP contribution is -2.60. The normalized spacial score (nSPS) is 17.6. The van der Waals surface area contributed by atoms with Crippen LogP contribution in [0.15, 0.2) is 66.2 Å². The summed E-state index contributed by atoms with van der Waals surface area (Å²) in [6.45, 7) is 15.0. The van der Waals surface area contributed by atoms with Crippen molar-refractivity contribution in [2.24, 2.45) is 23.7 Å². The molecule has 2 heterocycles. The summed E-state index contributed by atoms with van der Waals surface area (Å²) in [6.07, 6.45) is 4.17. The quantitative estimate of drug-likeness (QED) is 0.0830. The number of nitrogens with one attached hydrogen (secondary N) is 2. The molecule has 1 aromatic heterocycles. The first-order chi connectivity index (χ1) is 30.1. The predicted octanol–water partition coefficient (Wildman–Crippen LogP) is 6.73. The number of nitrogens with zero attached hydrogens (tertiary/aromatic N) is 4. The number of benzene rings is 2. The Morgan fingerprint density at radius 1 is 0.889 bits per heavy atom. The molecule has 8 atom stereocenters. The highest BCUT2D eigenvalue weighted by molar-refractivity contribution is 7.09. The number of thiazole rings is 1. The molecular weight excluding hydrogens is 815 g/mol. The fourth-order valence-corrected chi connectivity index (χ4v) is 10.1. The van der Waals surface area contributed by atoms with Crippen molar-refractivity contribution in [3.63, 3.8) is 0 Å². The number of amides is 4. The van der Waals surface area contributed by atoms with Gasteiger partial charge in [-0.05, 0) is 67.3 Å². The highest BCUT2D eigenvalue weighted by Gasteiger charge is 2.44. The molecule has 1 saturated heterocycles. The number of ether oxygens (including phenoxy) is 2. The van der Waals surface area contributed by atoms with E-state index in [-0.39, 0.29) is 59.9 Å². The van der Waals surface area contributed by atoms with Crippen molar-refractivity contribution in [1.82, 2.24) is 30.3 Å². The summed E-state index contributed by atoms with van der Waals surface area (Å²) in [5, 5.41) is 9.13. The zero-order valence-corrected chi connectivity index (χ0v) is 40.4. The summed E-state index contributed by atoms with van der Waals surface area (Å²) in [5.41, 5.74) is 8.71. The van der Waals surface area contributed by atoms with Gasteiger partial charge in [0, 0.05) is 51.6 Å². The molecule has 63 heavy (non-hydrogen) atoms. The standard InChI is InChI=1S/C49H75N7O6S/c1-12-36(13-2)44(55(9)49(60)42(31(3)4)53-47(59)43(32(5)6)54(8)30-35-21-23-37(50)24-22-35)40(61-10)29-41(57)56-26-17-20-39(56)45(62-11)33(7)46(58)52-38(48-51-25-27-63-48)28-34-18-15-14-16-19-34/h14-16,18-19,21-25,27,31-33,36,38-40,42-45H,12-13,17,20,26,28-30,50H2,1-11H3,(H,52,58)(H,53,59)/t33-,38+,39+,40-,42+,43+,44+,45-/m1/s1. The molecule has 13 nitrogen and oxygen atoms in total. The number of nitrogen functional groups attached to an aromatic ring is 1. The van der Waals surface area contributed by atoms with E-state index in [9.17, 15) is 19.2 Å². The van der Waals surface area contributed by atoms with Gasteiger partial charge in [-0.3, -0.25) is 24.1 Å². The minimum absolute atomic E-state index is 0.0150. The number of anilines is 1. The lowest BCUT2D eigenvalue weighted by Gasteiger charge is -2.42. The van der Waals surface area contributed by atoms with Gasteiger partial charge in [-0.25, -0.2) is 4.98 Å². The van der Waals surface area contributed by atoms with Crippen LogP contribution in [0.5, 0.6) is 0 Å². The van der Waals surface area contributed by atoms with Crippen molar-refractivity contribution >= 4 is 40.7 Å². The van der Waals surface area contributed by atoms with E-state index in [2.05, 4.69) is 29.5 Å². The molecule has 0 unspecified atom stereocenters. The molecule has 14 heteroatoms. The van der Waals surface area contributed by atoms with E-state index in [4.69, 9.17) is 15.2 Å². The van der Waals surface area contributed by atoms with Gasteiger partial charge in [-0.1, -0.05) is 104 Å². The van der Waals surface area contributed by atoms with Gasteiger partial charge in [0.1, 0.15) is 11.0 Å². The van der Waals surface area contributed by atoms with E-state index in [1.165, 1.54) is 11.3 Å². The molecule has 1 aliphatic heterocycles. The van der Waals surface area contributed by atoms with Crippen LogP contribution < -0.4 is 16.4 Å². The fraction of sp³-hybridized carbons (Fsp3) is 0.612. The Bertz CT molecular complexity index is 1860. The lowest BCUT2D eigenvalue weighted by molar-refractivity contribution is -0.148. The highest BCUT2D eigenvalue weighted by atomic mass is 32.1. The fourth-order valence-electron chi connectivity index (χ4n) is 9.46. The second-order valence-electron chi connectivity index (χ2n) is 18.0. The molecular formula is C49H75N7O6S. The van der Waals surface area contributed by atoms with Crippen LogP contribution >= 0.6 is 11.3 Å². The smallest absolute Gasteiger partial charge is 0.245 e. The Balaban J connectivity index is 1.50. The molecule has 4 N–H and O–H groups in total. The molecule has 3 aromatic rings. The monoisotopic (exact) mass is 890 g/mol. The molecule has 0 bridgehead atoms. The molecule has 2 aromatic carbocycles. The molecule has 4 rings (SSSR count). The van der Waals surface area contributed by atoms with E-state index in [1.807, 2.05) is 111 Å². The first-order valence-electron chi connectivity index (χ1n) is 22.8. The Labute approximate surface area is 380 Å². The number of likely N-dealkylation sites (tertiary alicyclic amines) is 1. The third kappa shape index (κ3) is 13.6. The van der Waals surface area contributed by atoms with E-state index in [1.54, 1.807) is 32.4 Å². The second-order valence-corrected chi connectivity index (χ2v) is 18.9. The largest absolute Gasteiger partial charge is 0.399 e. The van der Waals surface area contributed by atoms with E-state index < -0.39 is 36.3 Å². The van der Waals surface area contributed by atoms with Gasteiger partial charge in [0.15, 0.2) is 0 Å². The van der Waals surface area contributed by atoms with Crippen LogP contribution in [-0.2, 0) is 41.6 Å². The van der Waals surface area contributed by atoms with Crippen molar-refractivity contribution in [2.45, 2.75) is 136 Å². The van der Waals surface area contributed by atoms with Crippen LogP contribution in [0, 0.1) is 23.7 Å². The average molecular weight is 890 g/mol. The van der Waals surface area contributed by atoms with Crippen molar-refractivity contribution in [3.05, 3.63) is 82.3 Å². The second kappa shape index (κ2) is 24.6. The number of hydrogen-bond acceptors (Lipinski definition) is 10. The van der Waals surface area contributed by atoms with Crippen LogP contribution in [-0.4, -0.2) is 115 Å². The first kappa shape index (κ1) is 51.3. The maximum atomic E-state index is 14.7. The third-order valence-corrected chi connectivity index (χ3v) is 13.8. The van der Waals surface area contributed by atoms with Gasteiger partial charge in [0.2, 0.25) is 23.6 Å². The summed E-state index contributed by atoms with van der Waals surface area (Å²) >= 11 is 1.51. The Morgan fingerprint density at radius 3 is 2.11 bits per heavy atom. The van der Waals surface area contributed by atoms with Crippen LogP contribution in [0.25, 0.3) is 0 Å². The van der Waals surface area contributed by atoms with Crippen molar-refractivity contribution in [2.75, 3.05) is 40.6 Å². The Kier molecular flexibility index (Phi) is 20.0. The molecule has 1 aliphatic rings. The minimum atomic E-state index is -0.806. The third-order valence-electron chi connectivity index (χ3n) is 12.9. The van der Waals surface area contributed by atoms with Crippen LogP contribution in [0.2, 0.25) is 0 Å². The summed E-state index contributed by atoms with van der Waals surface area (Å²) in [4.78, 5) is 67.5. The molecule has 0 saturated carbocycles. The van der Waals surface area contributed by atoms with Gasteiger partial charge in [0.25, 0.3) is 0 Å². The number of carbonyl (C=O) groups is 4. The molecule has 0 radical (unpaired) electrons. The first-order valence-corrected chi connectivity index (χ1v) is 23.6. The van der Waals surface area contributed by atoms with Crippen LogP contribution in [0.1, 0.15) is 103 Å². The van der Waals surface area contributed by atoms with Crippen molar-refractivity contribution < 1.29 is 28.7 Å². The van der Waals surface area contributed by atoms with Crippen molar-refractivity contribution in [3.8, 4) is 0 Å². The van der Waals surface area contributed by atoms with E-state index >= 15 is 0 Å². The zero-order valence-electron chi connectivity index (χ0n) is 39.6. The number of rotatable bonds is 24. The van der Waals surface area contributed by atoms with E-state index in [0.29, 0.717) is 31.6 Å². The number of hydrogen-bond donors (Lipinski definition) is 3. The lowest BCUT2D eigenvalue weighted by atomic mass is 9.86. The van der Waals surface area contributed by atoms with Gasteiger partial charge in [-0.2, -0.15) is 0 Å². The van der Waals surface area contributed by atoms with Gasteiger partial charge in [0.05, 0.1) is 48.7 Å². The summed E-state index contributed by atoms with van der Waals surface area (Å²) in [7, 11) is 6.89. The SMILES string of the molecule is CCC(CC)[C@@H]([C@@H](CC(=O)N1CCC[C@H]1[C@H](OC)[C@@H](C)C(=O)N[C@@H](Cc1ccccc1)c1nccs1)OC)N(C)C(=O)[C@@H](NC(=O)[C@H](C(C)C)N(C)Cc1ccc(N)cc1)C(C)C. The van der Waals surface area contributed by atoms with Crippen molar-refractivity contribution in [1.29, 1.82) is 0 Å². The van der Waals surface area contributed by atoms with Gasteiger partial charge >= 0.3 is 0 Å². The number of carbonyl (C=O) groups excluding carboxylic acids is 4. The van der Waals surface area contributed by atoms with Gasteiger partial charge in [-0.15, -0.1) is 11.3 Å². The average Bonchev–Trinajstić information content (AvgIpc) is 3.98. The molecule has 348 valence electrons. The molecule has 1 fully saturated rings. The molecule has 4 amide bonds.